The smallest absolute Gasteiger partial charge is 0.0785 e. The highest BCUT2D eigenvalue weighted by atomic mass is 16.5. The van der Waals surface area contributed by atoms with Crippen molar-refractivity contribution in [2.24, 2.45) is 23.7 Å². The molecule has 2 nitrogen and oxygen atoms in total. The molecule has 0 spiro atoms. The molecule has 0 aromatic heterocycles. The van der Waals surface area contributed by atoms with Crippen LogP contribution in [0.5, 0.6) is 0 Å². The zero-order chi connectivity index (χ0) is 16.1. The lowest BCUT2D eigenvalue weighted by molar-refractivity contribution is -0.125. The Balaban J connectivity index is 1.74. The molecule has 0 aromatic rings. The minimum Gasteiger partial charge on any atom is -0.389 e. The van der Waals surface area contributed by atoms with E-state index in [0.717, 1.165) is 6.42 Å². The van der Waals surface area contributed by atoms with Crippen LogP contribution >= 0.6 is 0 Å². The van der Waals surface area contributed by atoms with E-state index in [2.05, 4.69) is 46.8 Å². The molecule has 0 unspecified atom stereocenters. The average molecular weight is 304 g/mol. The van der Waals surface area contributed by atoms with Crippen LogP contribution in [0.3, 0.4) is 0 Å². The van der Waals surface area contributed by atoms with E-state index in [-0.39, 0.29) is 17.6 Å². The zero-order valence-electron chi connectivity index (χ0n) is 14.8. The number of allylic oxidation sites excluding steroid dienone is 2. The summed E-state index contributed by atoms with van der Waals surface area (Å²) in [6, 6.07) is 0. The molecule has 3 aliphatic rings. The van der Waals surface area contributed by atoms with Gasteiger partial charge in [-0.3, -0.25) is 0 Å². The molecule has 0 amide bonds. The highest BCUT2D eigenvalue weighted by Crippen LogP contribution is 2.58. The van der Waals surface area contributed by atoms with Crippen molar-refractivity contribution >= 4 is 0 Å². The topological polar surface area (TPSA) is 29.5 Å². The third kappa shape index (κ3) is 2.59. The average Bonchev–Trinajstić information content (AvgIpc) is 2.85. The maximum Gasteiger partial charge on any atom is 0.0785 e. The van der Waals surface area contributed by atoms with Gasteiger partial charge in [0.25, 0.3) is 0 Å². The summed E-state index contributed by atoms with van der Waals surface area (Å²) in [5.74, 6) is 2.06. The summed E-state index contributed by atoms with van der Waals surface area (Å²) in [7, 11) is 0. The molecule has 2 bridgehead atoms. The van der Waals surface area contributed by atoms with Crippen LogP contribution in [-0.2, 0) is 4.74 Å². The van der Waals surface area contributed by atoms with Gasteiger partial charge in [-0.2, -0.15) is 0 Å². The van der Waals surface area contributed by atoms with E-state index < -0.39 is 0 Å². The van der Waals surface area contributed by atoms with Gasteiger partial charge in [0.2, 0.25) is 0 Å². The summed E-state index contributed by atoms with van der Waals surface area (Å²) in [5.41, 5.74) is 2.66. The van der Waals surface area contributed by atoms with E-state index in [0.29, 0.717) is 23.9 Å². The van der Waals surface area contributed by atoms with Crippen molar-refractivity contribution in [1.29, 1.82) is 0 Å². The summed E-state index contributed by atoms with van der Waals surface area (Å²) in [5, 5.41) is 10.4. The van der Waals surface area contributed by atoms with E-state index in [1.165, 1.54) is 30.4 Å². The Hall–Kier alpha value is -0.600. The number of hydrogen-bond acceptors (Lipinski definition) is 2. The summed E-state index contributed by atoms with van der Waals surface area (Å²) >= 11 is 0. The van der Waals surface area contributed by atoms with Crippen molar-refractivity contribution in [2.45, 2.75) is 78.1 Å². The number of rotatable bonds is 4. The Bertz CT molecular complexity index is 488. The lowest BCUT2D eigenvalue weighted by atomic mass is 9.77. The SMILES string of the molecule is CC(C)=CCC[C@@H](C)[C@@H]1CC[C@@]2(C)O[C@@H]1[C@@H]1C(C)=C[C@@H](O)[C@H]12. The van der Waals surface area contributed by atoms with E-state index in [4.69, 9.17) is 4.74 Å². The molecule has 124 valence electrons. The molecule has 2 aliphatic heterocycles. The van der Waals surface area contributed by atoms with Gasteiger partial charge >= 0.3 is 0 Å². The third-order valence-electron chi connectivity index (χ3n) is 6.48. The Morgan fingerprint density at radius 2 is 2.23 bits per heavy atom. The van der Waals surface area contributed by atoms with Gasteiger partial charge in [-0.25, -0.2) is 0 Å². The van der Waals surface area contributed by atoms with Gasteiger partial charge in [0, 0.05) is 11.8 Å². The highest BCUT2D eigenvalue weighted by Gasteiger charge is 2.61. The quantitative estimate of drug-likeness (QED) is 0.775. The zero-order valence-corrected chi connectivity index (χ0v) is 14.8. The van der Waals surface area contributed by atoms with Crippen LogP contribution in [0.15, 0.2) is 23.3 Å². The predicted molar refractivity (Wildman–Crippen MR) is 90.6 cm³/mol. The van der Waals surface area contributed by atoms with Gasteiger partial charge in [0.05, 0.1) is 17.8 Å². The lowest BCUT2D eigenvalue weighted by Gasteiger charge is -2.40. The van der Waals surface area contributed by atoms with Gasteiger partial charge in [-0.1, -0.05) is 30.2 Å². The van der Waals surface area contributed by atoms with E-state index in [1.54, 1.807) is 0 Å². The molecule has 2 heteroatoms. The Kier molecular flexibility index (Phi) is 4.28. The number of hydrogen-bond donors (Lipinski definition) is 1. The fourth-order valence-corrected chi connectivity index (χ4v) is 5.30. The van der Waals surface area contributed by atoms with Crippen LogP contribution < -0.4 is 0 Å². The van der Waals surface area contributed by atoms with E-state index in [1.807, 2.05) is 0 Å². The first-order valence-corrected chi connectivity index (χ1v) is 9.01. The van der Waals surface area contributed by atoms with Crippen molar-refractivity contribution in [2.75, 3.05) is 0 Å². The molecule has 0 aromatic carbocycles. The maximum absolute atomic E-state index is 10.4. The molecule has 2 saturated heterocycles. The van der Waals surface area contributed by atoms with Crippen molar-refractivity contribution in [1.82, 2.24) is 0 Å². The van der Waals surface area contributed by atoms with Crippen molar-refractivity contribution in [3.8, 4) is 0 Å². The van der Waals surface area contributed by atoms with Crippen molar-refractivity contribution in [3.63, 3.8) is 0 Å². The third-order valence-corrected chi connectivity index (χ3v) is 6.48. The Morgan fingerprint density at radius 3 is 2.91 bits per heavy atom. The van der Waals surface area contributed by atoms with Crippen molar-refractivity contribution < 1.29 is 9.84 Å². The number of fused-ring (bicyclic) bond motifs is 5. The van der Waals surface area contributed by atoms with Gasteiger partial charge in [0.15, 0.2) is 0 Å². The summed E-state index contributed by atoms with van der Waals surface area (Å²) in [4.78, 5) is 0. The van der Waals surface area contributed by atoms with Crippen LogP contribution in [0.2, 0.25) is 0 Å². The summed E-state index contributed by atoms with van der Waals surface area (Å²) in [6.07, 6.45) is 9.22. The van der Waals surface area contributed by atoms with E-state index in [9.17, 15) is 5.11 Å². The van der Waals surface area contributed by atoms with Crippen LogP contribution in [0.25, 0.3) is 0 Å². The normalized spacial score (nSPS) is 44.5. The minimum atomic E-state index is -0.306. The first-order chi connectivity index (χ1) is 10.3. The molecule has 7 atom stereocenters. The second-order valence-electron chi connectivity index (χ2n) is 8.39. The minimum absolute atomic E-state index is 0.112. The fraction of sp³-hybridized carbons (Fsp3) is 0.800. The Labute approximate surface area is 135 Å². The standard InChI is InChI=1S/C20H32O2/c1-12(2)7-6-8-13(3)15-9-10-20(5)18-16(21)11-14(4)17(18)19(15)22-20/h7,11,13,15-19,21H,6,8-10H2,1-5H3/t13-,15+,16-,17-,18-,19+,20-/m1/s1. The summed E-state index contributed by atoms with van der Waals surface area (Å²) in [6.45, 7) is 11.2. The van der Waals surface area contributed by atoms with Gasteiger partial charge in [-0.05, 0) is 65.2 Å². The van der Waals surface area contributed by atoms with Gasteiger partial charge < -0.3 is 9.84 Å². The number of ether oxygens (including phenoxy) is 1. The van der Waals surface area contributed by atoms with Gasteiger partial charge in [0.1, 0.15) is 0 Å². The molecule has 3 rings (SSSR count). The molecule has 1 aliphatic carbocycles. The van der Waals surface area contributed by atoms with Crippen LogP contribution in [0.4, 0.5) is 0 Å². The fourth-order valence-electron chi connectivity index (χ4n) is 5.30. The van der Waals surface area contributed by atoms with E-state index >= 15 is 0 Å². The molecular weight excluding hydrogens is 272 g/mol. The van der Waals surface area contributed by atoms with Crippen LogP contribution in [0, 0.1) is 23.7 Å². The summed E-state index contributed by atoms with van der Waals surface area (Å²) < 4.78 is 6.54. The maximum atomic E-state index is 10.4. The van der Waals surface area contributed by atoms with Crippen molar-refractivity contribution in [3.05, 3.63) is 23.3 Å². The number of aliphatic hydroxyl groups is 1. The molecular formula is C20H32O2. The first kappa shape index (κ1) is 16.3. The van der Waals surface area contributed by atoms with Crippen LogP contribution in [0.1, 0.15) is 60.3 Å². The second-order valence-corrected chi connectivity index (χ2v) is 8.39. The lowest BCUT2D eigenvalue weighted by Crippen LogP contribution is -2.42. The molecule has 2 heterocycles. The first-order valence-electron chi connectivity index (χ1n) is 9.01. The Morgan fingerprint density at radius 1 is 1.50 bits per heavy atom. The molecule has 0 radical (unpaired) electrons. The highest BCUT2D eigenvalue weighted by molar-refractivity contribution is 5.27. The monoisotopic (exact) mass is 304 g/mol. The van der Waals surface area contributed by atoms with Crippen LogP contribution in [-0.4, -0.2) is 22.9 Å². The molecule has 22 heavy (non-hydrogen) atoms. The molecule has 1 N–H and O–H groups in total. The molecule has 2 fully saturated rings. The molecule has 0 saturated carbocycles. The largest absolute Gasteiger partial charge is 0.389 e. The predicted octanol–water partition coefficient (Wildman–Crippen LogP) is 4.49. The van der Waals surface area contributed by atoms with Gasteiger partial charge in [-0.15, -0.1) is 0 Å². The second kappa shape index (κ2) is 5.79. The number of aliphatic hydroxyl groups excluding tert-OH is 1.